The number of fused-ring (bicyclic) bond motifs is 1. The first-order valence-corrected chi connectivity index (χ1v) is 11.0. The van der Waals surface area contributed by atoms with Gasteiger partial charge in [-0.2, -0.15) is 5.10 Å². The molecule has 1 aromatic carbocycles. The van der Waals surface area contributed by atoms with Crippen LogP contribution < -0.4 is 20.5 Å². The van der Waals surface area contributed by atoms with Crippen molar-refractivity contribution >= 4 is 28.5 Å². The lowest BCUT2D eigenvalue weighted by Gasteiger charge is -2.24. The number of amidine groups is 1. The number of nitrogens with one attached hydrogen (secondary N) is 1. The lowest BCUT2D eigenvalue weighted by molar-refractivity contribution is -0.291. The molecule has 3 heterocycles. The Morgan fingerprint density at radius 3 is 2.81 bits per heavy atom. The third kappa shape index (κ3) is 3.65. The molecule has 166 valence electrons. The predicted molar refractivity (Wildman–Crippen MR) is 119 cm³/mol. The fourth-order valence-electron chi connectivity index (χ4n) is 3.67. The van der Waals surface area contributed by atoms with Crippen LogP contribution in [0.1, 0.15) is 24.8 Å². The molecule has 2 aromatic heterocycles. The molecule has 0 amide bonds. The number of hydrogen-bond donors (Lipinski definition) is 4. The van der Waals surface area contributed by atoms with E-state index in [0.29, 0.717) is 28.8 Å². The molecule has 0 spiro atoms. The number of anilines is 1. The van der Waals surface area contributed by atoms with E-state index in [1.165, 1.54) is 29.2 Å². The Hall–Kier alpha value is -3.25. The molecule has 2 aliphatic rings. The SMILES string of the molecule is COc1ccc2c(c1)[N+](O)(O)N=C(c1c(O)c(-c3cccs3)nn(CCC3CC3)c1=O)N2. The lowest BCUT2D eigenvalue weighted by Crippen LogP contribution is -2.44. The van der Waals surface area contributed by atoms with Crippen LogP contribution >= 0.6 is 11.3 Å². The van der Waals surface area contributed by atoms with Crippen LogP contribution in [0.15, 0.2) is 45.6 Å². The normalized spacial score (nSPS) is 16.8. The number of aromatic nitrogens is 2. The van der Waals surface area contributed by atoms with Gasteiger partial charge in [-0.3, -0.25) is 4.79 Å². The Bertz CT molecular complexity index is 1260. The zero-order valence-corrected chi connectivity index (χ0v) is 18.0. The number of benzene rings is 1. The van der Waals surface area contributed by atoms with E-state index < -0.39 is 10.5 Å². The van der Waals surface area contributed by atoms with Crippen LogP contribution in [0.5, 0.6) is 11.5 Å². The van der Waals surface area contributed by atoms with Crippen molar-refractivity contribution in [2.75, 3.05) is 12.4 Å². The van der Waals surface area contributed by atoms with E-state index in [1.54, 1.807) is 18.2 Å². The molecule has 5 rings (SSSR count). The summed E-state index contributed by atoms with van der Waals surface area (Å²) in [7, 11) is 1.46. The zero-order chi connectivity index (χ0) is 22.5. The van der Waals surface area contributed by atoms with Gasteiger partial charge < -0.3 is 15.2 Å². The van der Waals surface area contributed by atoms with E-state index in [9.17, 15) is 20.3 Å². The van der Waals surface area contributed by atoms with Gasteiger partial charge in [0, 0.05) is 11.6 Å². The van der Waals surface area contributed by atoms with E-state index in [-0.39, 0.29) is 28.5 Å². The highest BCUT2D eigenvalue weighted by molar-refractivity contribution is 7.13. The summed E-state index contributed by atoms with van der Waals surface area (Å²) in [5.74, 6) is 0.445. The Balaban J connectivity index is 1.65. The van der Waals surface area contributed by atoms with Crippen LogP contribution in [-0.4, -0.2) is 38.2 Å². The van der Waals surface area contributed by atoms with Crippen molar-refractivity contribution in [3.8, 4) is 22.1 Å². The topological polar surface area (TPSA) is 129 Å². The highest BCUT2D eigenvalue weighted by Gasteiger charge is 2.39. The maximum atomic E-state index is 13.3. The van der Waals surface area contributed by atoms with Gasteiger partial charge in [-0.05, 0) is 35.9 Å². The number of quaternary nitrogens is 1. The maximum Gasteiger partial charge on any atom is 0.281 e. The molecule has 11 heteroatoms. The number of hydrogen-bond acceptors (Lipinski definition) is 9. The van der Waals surface area contributed by atoms with Crippen LogP contribution in [0.4, 0.5) is 11.4 Å². The quantitative estimate of drug-likeness (QED) is 0.419. The summed E-state index contributed by atoms with van der Waals surface area (Å²) in [6.07, 6.45) is 3.09. The molecular formula is C21H22N5O5S+. The number of methoxy groups -OCH3 is 1. The third-order valence-electron chi connectivity index (χ3n) is 5.59. The van der Waals surface area contributed by atoms with Crippen molar-refractivity contribution in [2.24, 2.45) is 11.0 Å². The fraction of sp³-hybridized carbons (Fsp3) is 0.286. The second kappa shape index (κ2) is 7.71. The molecule has 4 N–H and O–H groups in total. The monoisotopic (exact) mass is 456 g/mol. The molecule has 3 aromatic rings. The van der Waals surface area contributed by atoms with E-state index >= 15 is 0 Å². The highest BCUT2D eigenvalue weighted by atomic mass is 32.1. The van der Waals surface area contributed by atoms with Gasteiger partial charge in [0.15, 0.2) is 5.75 Å². The molecule has 1 saturated carbocycles. The van der Waals surface area contributed by atoms with Crippen molar-refractivity contribution in [3.05, 3.63) is 51.6 Å². The van der Waals surface area contributed by atoms with Crippen molar-refractivity contribution in [3.63, 3.8) is 0 Å². The molecule has 32 heavy (non-hydrogen) atoms. The lowest BCUT2D eigenvalue weighted by atomic mass is 10.1. The minimum absolute atomic E-state index is 0.00850. The molecule has 0 saturated heterocycles. The third-order valence-corrected chi connectivity index (χ3v) is 6.46. The Morgan fingerprint density at radius 2 is 2.12 bits per heavy atom. The first kappa shape index (κ1) is 20.6. The second-order valence-corrected chi connectivity index (χ2v) is 8.78. The summed E-state index contributed by atoms with van der Waals surface area (Å²) >= 11 is 1.37. The van der Waals surface area contributed by atoms with Gasteiger partial charge in [-0.15, -0.1) is 21.8 Å². The van der Waals surface area contributed by atoms with Crippen molar-refractivity contribution in [1.82, 2.24) is 14.7 Å². The van der Waals surface area contributed by atoms with Gasteiger partial charge >= 0.3 is 0 Å². The highest BCUT2D eigenvalue weighted by Crippen LogP contribution is 2.39. The molecule has 0 bridgehead atoms. The second-order valence-electron chi connectivity index (χ2n) is 7.83. The van der Waals surface area contributed by atoms with Crippen LogP contribution in [0.3, 0.4) is 0 Å². The smallest absolute Gasteiger partial charge is 0.281 e. The largest absolute Gasteiger partial charge is 0.505 e. The molecule has 1 aliphatic carbocycles. The molecule has 1 fully saturated rings. The number of aryl methyl sites for hydroxylation is 1. The first-order chi connectivity index (χ1) is 15.4. The minimum Gasteiger partial charge on any atom is -0.505 e. The molecule has 10 nitrogen and oxygen atoms in total. The predicted octanol–water partition coefficient (Wildman–Crippen LogP) is 3.36. The average molecular weight is 457 g/mol. The maximum absolute atomic E-state index is 13.3. The summed E-state index contributed by atoms with van der Waals surface area (Å²) in [5.41, 5.74) is -0.185. The number of rotatable bonds is 6. The summed E-state index contributed by atoms with van der Waals surface area (Å²) in [5, 5.41) is 45.3. The number of thiophene rings is 1. The summed E-state index contributed by atoms with van der Waals surface area (Å²) in [6.45, 7) is 0.397. The molecular weight excluding hydrogens is 434 g/mol. The van der Waals surface area contributed by atoms with Gasteiger partial charge in [0.05, 0.1) is 18.1 Å². The zero-order valence-electron chi connectivity index (χ0n) is 17.2. The van der Waals surface area contributed by atoms with Crippen LogP contribution in [0.25, 0.3) is 10.6 Å². The van der Waals surface area contributed by atoms with Crippen LogP contribution in [0, 0.1) is 5.92 Å². The van der Waals surface area contributed by atoms with E-state index in [4.69, 9.17) is 4.74 Å². The first-order valence-electron chi connectivity index (χ1n) is 10.2. The van der Waals surface area contributed by atoms with E-state index in [1.807, 2.05) is 11.4 Å². The summed E-state index contributed by atoms with van der Waals surface area (Å²) in [4.78, 5) is 12.1. The van der Waals surface area contributed by atoms with Gasteiger partial charge in [0.2, 0.25) is 5.84 Å². The standard InChI is InChI=1S/C21H21N5O5S/c1-31-13-6-7-14-15(11-13)26(29,30)24-20(22-14)17-19(27)18(16-3-2-10-32-16)23-25(21(17)28)9-8-12-4-5-12/h2-3,6-7,10-12,29-30H,4-5,8-9H2,1H3,(H-,22,24,27,28)/p+1. The minimum atomic E-state index is -1.85. The number of nitrogens with zero attached hydrogens (tertiary/aromatic N) is 4. The number of aromatic hydroxyl groups is 1. The van der Waals surface area contributed by atoms with Gasteiger partial charge in [-0.1, -0.05) is 18.9 Å². The Morgan fingerprint density at radius 1 is 1.31 bits per heavy atom. The summed E-state index contributed by atoms with van der Waals surface area (Å²) in [6, 6.07) is 8.24. The van der Waals surface area contributed by atoms with Gasteiger partial charge in [-0.25, -0.2) is 4.68 Å². The molecule has 0 radical (unpaired) electrons. The van der Waals surface area contributed by atoms with Crippen molar-refractivity contribution in [2.45, 2.75) is 25.8 Å². The van der Waals surface area contributed by atoms with Crippen molar-refractivity contribution in [1.29, 1.82) is 0 Å². The fourth-order valence-corrected chi connectivity index (χ4v) is 4.38. The van der Waals surface area contributed by atoms with Gasteiger partial charge in [0.25, 0.3) is 11.2 Å². The van der Waals surface area contributed by atoms with E-state index in [0.717, 1.165) is 19.3 Å². The average Bonchev–Trinajstić information content (AvgIpc) is 3.44. The molecule has 0 unspecified atom stereocenters. The Labute approximate surface area is 186 Å². The van der Waals surface area contributed by atoms with Gasteiger partial charge in [0.1, 0.15) is 27.6 Å². The molecule has 0 atom stereocenters. The van der Waals surface area contributed by atoms with Crippen molar-refractivity contribution < 1.29 is 20.3 Å². The Kier molecular flexibility index (Phi) is 4.97. The number of ether oxygens (including phenoxy) is 1. The van der Waals surface area contributed by atoms with E-state index in [2.05, 4.69) is 15.5 Å². The summed E-state index contributed by atoms with van der Waals surface area (Å²) < 4.78 is 6.46. The van der Waals surface area contributed by atoms with Crippen LogP contribution in [0.2, 0.25) is 0 Å². The van der Waals surface area contributed by atoms with Crippen LogP contribution in [-0.2, 0) is 6.54 Å². The molecule has 1 aliphatic heterocycles.